The van der Waals surface area contributed by atoms with Crippen molar-refractivity contribution in [2.75, 3.05) is 0 Å². The molecule has 0 bridgehead atoms. The molecule has 1 aliphatic heterocycles. The highest BCUT2D eigenvalue weighted by Crippen LogP contribution is 2.24. The van der Waals surface area contributed by atoms with Crippen LogP contribution in [-0.4, -0.2) is 16.8 Å². The lowest BCUT2D eigenvalue weighted by Crippen LogP contribution is -2.48. The second-order valence-electron chi connectivity index (χ2n) is 3.35. The third-order valence-corrected chi connectivity index (χ3v) is 2.11. The predicted molar refractivity (Wildman–Crippen MR) is 57.4 cm³/mol. The number of hydrazine groups is 1. The van der Waals surface area contributed by atoms with E-state index in [1.807, 2.05) is 0 Å². The summed E-state index contributed by atoms with van der Waals surface area (Å²) in [6.45, 7) is 4.94. The van der Waals surface area contributed by atoms with Crippen LogP contribution < -0.4 is 10.7 Å². The molecule has 0 aliphatic carbocycles. The highest BCUT2D eigenvalue weighted by molar-refractivity contribution is 6.02. The van der Waals surface area contributed by atoms with E-state index in [4.69, 9.17) is 0 Å². The predicted octanol–water partition coefficient (Wildman–Crippen LogP) is 0.901. The minimum atomic E-state index is -0.343. The average Bonchev–Trinajstić information content (AvgIpc) is 2.24. The topological polar surface area (TPSA) is 63.5 Å². The zero-order chi connectivity index (χ0) is 11.7. The molecule has 0 aromatic heterocycles. The molecule has 0 spiro atoms. The number of nitrogens with one attached hydrogen (secondary N) is 1. The van der Waals surface area contributed by atoms with Gasteiger partial charge in [0.15, 0.2) is 0 Å². The zero-order valence-corrected chi connectivity index (χ0v) is 8.73. The summed E-state index contributed by atoms with van der Waals surface area (Å²) in [5, 5.41) is 5.17. The van der Waals surface area contributed by atoms with Gasteiger partial charge in [-0.1, -0.05) is 18.7 Å². The Hall–Kier alpha value is -2.30. The van der Waals surface area contributed by atoms with Gasteiger partial charge in [0, 0.05) is 6.92 Å². The van der Waals surface area contributed by atoms with E-state index < -0.39 is 0 Å². The lowest BCUT2D eigenvalue weighted by Gasteiger charge is -2.28. The maximum Gasteiger partial charge on any atom is 0.280 e. The molecule has 1 aromatic rings. The summed E-state index contributed by atoms with van der Waals surface area (Å²) in [5.74, 6) is -0.464. The molecule has 2 rings (SSSR count). The zero-order valence-electron chi connectivity index (χ0n) is 8.73. The highest BCUT2D eigenvalue weighted by atomic mass is 16.2. The Kier molecular flexibility index (Phi) is 2.36. The highest BCUT2D eigenvalue weighted by Gasteiger charge is 2.28. The van der Waals surface area contributed by atoms with Crippen molar-refractivity contribution in [3.8, 4) is 0 Å². The van der Waals surface area contributed by atoms with Gasteiger partial charge >= 0.3 is 0 Å². The van der Waals surface area contributed by atoms with E-state index in [-0.39, 0.29) is 17.6 Å². The van der Waals surface area contributed by atoms with Crippen LogP contribution in [0.1, 0.15) is 17.3 Å². The minimum Gasteiger partial charge on any atom is -0.274 e. The first kappa shape index (κ1) is 10.2. The first-order valence-corrected chi connectivity index (χ1v) is 4.71. The number of hydrogen-bond donors (Lipinski definition) is 1. The summed E-state index contributed by atoms with van der Waals surface area (Å²) in [7, 11) is 0. The van der Waals surface area contributed by atoms with Gasteiger partial charge in [0.2, 0.25) is 5.91 Å². The van der Waals surface area contributed by atoms with Crippen LogP contribution in [0.3, 0.4) is 0 Å². The van der Waals surface area contributed by atoms with Gasteiger partial charge in [-0.3, -0.25) is 15.0 Å². The van der Waals surface area contributed by atoms with Gasteiger partial charge in [-0.2, -0.15) is 5.01 Å². The van der Waals surface area contributed by atoms with Gasteiger partial charge in [0.05, 0.1) is 11.3 Å². The van der Waals surface area contributed by atoms with Gasteiger partial charge in [-0.25, -0.2) is 5.32 Å². The van der Waals surface area contributed by atoms with Gasteiger partial charge in [-0.15, -0.1) is 0 Å². The molecule has 0 saturated carbocycles. The Balaban J connectivity index is 2.38. The second-order valence-corrected chi connectivity index (χ2v) is 3.35. The molecule has 5 nitrogen and oxygen atoms in total. The molecule has 16 heavy (non-hydrogen) atoms. The standard InChI is InChI=1S/C11H10N3O2/c1-7-12-10-6-4-3-5-9(10)11(16)14(7)13-8(2)15/h3-6H,1H2,2H3,(H,13,15). The lowest BCUT2D eigenvalue weighted by atomic mass is 10.1. The summed E-state index contributed by atoms with van der Waals surface area (Å²) in [4.78, 5) is 22.9. The van der Waals surface area contributed by atoms with Crippen LogP contribution in [0, 0.1) is 0 Å². The van der Waals surface area contributed by atoms with Gasteiger partial charge < -0.3 is 0 Å². The minimum absolute atomic E-state index is 0.207. The van der Waals surface area contributed by atoms with Crippen molar-refractivity contribution in [1.29, 1.82) is 0 Å². The SMILES string of the molecule is C=C1[N]c2ccccc2C(=O)N1NC(C)=O. The summed E-state index contributed by atoms with van der Waals surface area (Å²) < 4.78 is 0. The molecule has 0 saturated heterocycles. The van der Waals surface area contributed by atoms with E-state index in [9.17, 15) is 9.59 Å². The van der Waals surface area contributed by atoms with Gasteiger partial charge in [-0.05, 0) is 12.1 Å². The van der Waals surface area contributed by atoms with E-state index >= 15 is 0 Å². The summed E-state index contributed by atoms with van der Waals surface area (Å²) in [6, 6.07) is 6.91. The van der Waals surface area contributed by atoms with Gasteiger partial charge in [0.25, 0.3) is 5.91 Å². The number of carbonyl (C=O) groups is 2. The molecular formula is C11H10N3O2. The Morgan fingerprint density at radius 1 is 1.44 bits per heavy atom. The first-order chi connectivity index (χ1) is 7.59. The van der Waals surface area contributed by atoms with E-state index in [0.717, 1.165) is 5.01 Å². The summed E-state index contributed by atoms with van der Waals surface area (Å²) in [6.07, 6.45) is 0. The van der Waals surface area contributed by atoms with E-state index in [2.05, 4.69) is 17.3 Å². The van der Waals surface area contributed by atoms with E-state index in [0.29, 0.717) is 11.3 Å². The number of fused-ring (bicyclic) bond motifs is 1. The molecule has 0 unspecified atom stereocenters. The number of amides is 2. The largest absolute Gasteiger partial charge is 0.280 e. The van der Waals surface area contributed by atoms with Crippen LogP contribution >= 0.6 is 0 Å². The van der Waals surface area contributed by atoms with Crippen molar-refractivity contribution in [2.24, 2.45) is 0 Å². The third-order valence-electron chi connectivity index (χ3n) is 2.11. The fraction of sp³-hybridized carbons (Fsp3) is 0.0909. The molecule has 1 N–H and O–H groups in total. The quantitative estimate of drug-likeness (QED) is 0.758. The van der Waals surface area contributed by atoms with Crippen molar-refractivity contribution in [2.45, 2.75) is 6.92 Å². The maximum atomic E-state index is 12.0. The molecule has 0 fully saturated rings. The molecule has 5 heteroatoms. The Morgan fingerprint density at radius 3 is 2.81 bits per heavy atom. The lowest BCUT2D eigenvalue weighted by molar-refractivity contribution is -0.122. The number of hydrogen-bond acceptors (Lipinski definition) is 2. The average molecular weight is 216 g/mol. The summed E-state index contributed by atoms with van der Waals surface area (Å²) in [5.41, 5.74) is 3.39. The smallest absolute Gasteiger partial charge is 0.274 e. The second kappa shape index (κ2) is 3.69. The first-order valence-electron chi connectivity index (χ1n) is 4.71. The normalized spacial score (nSPS) is 14.2. The molecule has 1 aromatic carbocycles. The number of rotatable bonds is 1. The molecule has 0 atom stereocenters. The number of carbonyl (C=O) groups excluding carboxylic acids is 2. The fourth-order valence-electron chi connectivity index (χ4n) is 1.45. The van der Waals surface area contributed by atoms with Crippen molar-refractivity contribution < 1.29 is 9.59 Å². The Morgan fingerprint density at radius 2 is 2.12 bits per heavy atom. The van der Waals surface area contributed by atoms with Crippen molar-refractivity contribution in [1.82, 2.24) is 15.8 Å². The van der Waals surface area contributed by atoms with Crippen LogP contribution in [0.4, 0.5) is 5.69 Å². The van der Waals surface area contributed by atoms with E-state index in [1.165, 1.54) is 6.92 Å². The molecule has 1 aliphatic rings. The van der Waals surface area contributed by atoms with E-state index in [1.54, 1.807) is 24.3 Å². The fourth-order valence-corrected chi connectivity index (χ4v) is 1.45. The molecule has 1 heterocycles. The number of nitrogens with zero attached hydrogens (tertiary/aromatic N) is 2. The Bertz CT molecular complexity index is 482. The monoisotopic (exact) mass is 216 g/mol. The molecule has 1 radical (unpaired) electrons. The van der Waals surface area contributed by atoms with Crippen molar-refractivity contribution >= 4 is 17.5 Å². The number of benzene rings is 1. The van der Waals surface area contributed by atoms with Crippen molar-refractivity contribution in [3.05, 3.63) is 42.2 Å². The number of para-hydroxylation sites is 1. The van der Waals surface area contributed by atoms with Crippen LogP contribution in [0.25, 0.3) is 0 Å². The van der Waals surface area contributed by atoms with Crippen LogP contribution in [0.2, 0.25) is 0 Å². The van der Waals surface area contributed by atoms with Crippen molar-refractivity contribution in [3.63, 3.8) is 0 Å². The van der Waals surface area contributed by atoms with Crippen LogP contribution in [-0.2, 0) is 4.79 Å². The van der Waals surface area contributed by atoms with Crippen LogP contribution in [0.5, 0.6) is 0 Å². The third kappa shape index (κ3) is 1.63. The van der Waals surface area contributed by atoms with Gasteiger partial charge in [0.1, 0.15) is 5.82 Å². The summed E-state index contributed by atoms with van der Waals surface area (Å²) >= 11 is 0. The molecule has 81 valence electrons. The Labute approximate surface area is 92.7 Å². The van der Waals surface area contributed by atoms with Crippen LogP contribution in [0.15, 0.2) is 36.7 Å². The molecule has 2 amide bonds. The molecular weight excluding hydrogens is 206 g/mol. The maximum absolute atomic E-state index is 12.0.